The van der Waals surface area contributed by atoms with Crippen LogP contribution >= 0.6 is 0 Å². The zero-order valence-corrected chi connectivity index (χ0v) is 11.2. The van der Waals surface area contributed by atoms with Gasteiger partial charge >= 0.3 is 0 Å². The molecule has 0 aliphatic carbocycles. The lowest BCUT2D eigenvalue weighted by atomic mass is 9.84. The molecule has 2 rings (SSSR count). The zero-order valence-electron chi connectivity index (χ0n) is 11.2. The predicted octanol–water partition coefficient (Wildman–Crippen LogP) is -0.0172. The molecule has 2 aliphatic heterocycles. The minimum absolute atomic E-state index is 0.224. The van der Waals surface area contributed by atoms with Gasteiger partial charge in [-0.2, -0.15) is 0 Å². The van der Waals surface area contributed by atoms with Crippen LogP contribution in [0.4, 0.5) is 0 Å². The van der Waals surface area contributed by atoms with Crippen molar-refractivity contribution in [3.8, 4) is 0 Å². The maximum Gasteiger partial charge on any atom is 0.0791 e. The maximum atomic E-state index is 9.83. The number of fused-ring (bicyclic) bond motifs is 1. The molecule has 2 saturated heterocycles. The summed E-state index contributed by atoms with van der Waals surface area (Å²) in [7, 11) is 4.16. The van der Waals surface area contributed by atoms with E-state index in [1.165, 1.54) is 32.4 Å². The molecule has 0 amide bonds. The monoisotopic (exact) mass is 241 g/mol. The normalized spacial score (nSPS) is 33.4. The summed E-state index contributed by atoms with van der Waals surface area (Å²) >= 11 is 0. The molecule has 0 aromatic carbocycles. The average Bonchev–Trinajstić information content (AvgIpc) is 2.29. The highest BCUT2D eigenvalue weighted by Crippen LogP contribution is 2.29. The summed E-state index contributed by atoms with van der Waals surface area (Å²) < 4.78 is 0. The lowest BCUT2D eigenvalue weighted by Gasteiger charge is -2.46. The summed E-state index contributed by atoms with van der Waals surface area (Å²) in [4.78, 5) is 4.98. The number of rotatable bonds is 4. The van der Waals surface area contributed by atoms with Gasteiger partial charge in [-0.1, -0.05) is 0 Å². The Morgan fingerprint density at radius 1 is 1.35 bits per heavy atom. The fourth-order valence-electron chi connectivity index (χ4n) is 3.49. The summed E-state index contributed by atoms with van der Waals surface area (Å²) in [6.45, 7) is 5.11. The van der Waals surface area contributed by atoms with Crippen molar-refractivity contribution in [3.05, 3.63) is 0 Å². The Balaban J connectivity index is 1.81. The van der Waals surface area contributed by atoms with Crippen LogP contribution in [0.1, 0.15) is 19.3 Å². The van der Waals surface area contributed by atoms with Crippen LogP contribution in [-0.4, -0.2) is 73.9 Å². The van der Waals surface area contributed by atoms with Crippen molar-refractivity contribution < 1.29 is 5.11 Å². The first kappa shape index (κ1) is 13.3. The molecule has 3 unspecified atom stereocenters. The third-order valence-electron chi connectivity index (χ3n) is 4.34. The first-order valence-electron chi connectivity index (χ1n) is 6.96. The number of likely N-dealkylation sites (tertiary alicyclic amines) is 2. The van der Waals surface area contributed by atoms with E-state index in [2.05, 4.69) is 22.2 Å². The summed E-state index contributed by atoms with van der Waals surface area (Å²) in [6, 6.07) is 0.793. The number of aliphatic hydroxyl groups is 1. The lowest BCUT2D eigenvalue weighted by molar-refractivity contribution is 0.0182. The van der Waals surface area contributed by atoms with Crippen molar-refractivity contribution >= 4 is 0 Å². The number of aliphatic hydroxyl groups excluding tert-OH is 1. The van der Waals surface area contributed by atoms with Crippen molar-refractivity contribution in [3.63, 3.8) is 0 Å². The topological polar surface area (TPSA) is 38.7 Å². The second-order valence-electron chi connectivity index (χ2n) is 5.71. The van der Waals surface area contributed by atoms with Gasteiger partial charge in [-0.05, 0) is 52.4 Å². The van der Waals surface area contributed by atoms with Gasteiger partial charge in [0.05, 0.1) is 6.10 Å². The van der Waals surface area contributed by atoms with Crippen LogP contribution in [0.5, 0.6) is 0 Å². The van der Waals surface area contributed by atoms with Gasteiger partial charge in [-0.3, -0.25) is 0 Å². The van der Waals surface area contributed by atoms with Gasteiger partial charge in [-0.25, -0.2) is 0 Å². The molecule has 0 saturated carbocycles. The van der Waals surface area contributed by atoms with Gasteiger partial charge in [0.1, 0.15) is 0 Å². The molecule has 3 atom stereocenters. The summed E-state index contributed by atoms with van der Waals surface area (Å²) in [5.41, 5.74) is 0. The predicted molar refractivity (Wildman–Crippen MR) is 70.1 cm³/mol. The maximum absolute atomic E-state index is 9.83. The van der Waals surface area contributed by atoms with Crippen LogP contribution in [0.3, 0.4) is 0 Å². The molecular weight excluding hydrogens is 214 g/mol. The Morgan fingerprint density at radius 3 is 2.94 bits per heavy atom. The molecule has 4 heteroatoms. The highest BCUT2D eigenvalue weighted by Gasteiger charge is 2.34. The second kappa shape index (κ2) is 6.14. The van der Waals surface area contributed by atoms with E-state index in [4.69, 9.17) is 0 Å². The van der Waals surface area contributed by atoms with Crippen molar-refractivity contribution in [1.29, 1.82) is 0 Å². The molecule has 2 fully saturated rings. The minimum atomic E-state index is -0.224. The first-order valence-corrected chi connectivity index (χ1v) is 6.96. The quantitative estimate of drug-likeness (QED) is 0.726. The number of likely N-dealkylation sites (N-methyl/N-ethyl adjacent to an activating group) is 1. The highest BCUT2D eigenvalue weighted by atomic mass is 16.3. The third-order valence-corrected chi connectivity index (χ3v) is 4.34. The number of nitrogens with one attached hydrogen (secondary N) is 1. The first-order chi connectivity index (χ1) is 8.20. The van der Waals surface area contributed by atoms with Gasteiger partial charge in [0.15, 0.2) is 0 Å². The molecule has 0 bridgehead atoms. The summed E-state index contributed by atoms with van der Waals surface area (Å²) in [6.07, 6.45) is 3.75. The number of nitrogens with zero attached hydrogens (tertiary/aromatic N) is 2. The van der Waals surface area contributed by atoms with Gasteiger partial charge in [0.2, 0.25) is 0 Å². The molecule has 2 heterocycles. The Labute approximate surface area is 105 Å². The lowest BCUT2D eigenvalue weighted by Crippen LogP contribution is -2.54. The molecule has 0 radical (unpaired) electrons. The zero-order chi connectivity index (χ0) is 12.3. The SMILES string of the molecule is CNCC(O)CN1CCC2C(CCCN2C)C1. The highest BCUT2D eigenvalue weighted by molar-refractivity contribution is 4.89. The molecule has 17 heavy (non-hydrogen) atoms. The molecule has 100 valence electrons. The van der Waals surface area contributed by atoms with Crippen LogP contribution < -0.4 is 5.32 Å². The Hall–Kier alpha value is -0.160. The Bertz CT molecular complexity index is 237. The number of hydrogen-bond acceptors (Lipinski definition) is 4. The molecule has 2 N–H and O–H groups in total. The molecule has 0 spiro atoms. The summed E-state index contributed by atoms with van der Waals surface area (Å²) in [5.74, 6) is 0.823. The van der Waals surface area contributed by atoms with Gasteiger partial charge in [-0.15, -0.1) is 0 Å². The van der Waals surface area contributed by atoms with Gasteiger partial charge in [0.25, 0.3) is 0 Å². The molecular formula is C13H27N3O. The number of piperidine rings is 2. The largest absolute Gasteiger partial charge is 0.390 e. The molecule has 2 aliphatic rings. The van der Waals surface area contributed by atoms with Crippen LogP contribution in [-0.2, 0) is 0 Å². The fraction of sp³-hybridized carbons (Fsp3) is 1.00. The van der Waals surface area contributed by atoms with Crippen molar-refractivity contribution in [1.82, 2.24) is 15.1 Å². The van der Waals surface area contributed by atoms with Gasteiger partial charge in [0, 0.05) is 25.7 Å². The van der Waals surface area contributed by atoms with Crippen molar-refractivity contribution in [2.24, 2.45) is 5.92 Å². The summed E-state index contributed by atoms with van der Waals surface area (Å²) in [5, 5.41) is 12.9. The van der Waals surface area contributed by atoms with E-state index in [1.54, 1.807) is 0 Å². The van der Waals surface area contributed by atoms with Gasteiger partial charge < -0.3 is 20.2 Å². The van der Waals surface area contributed by atoms with E-state index in [-0.39, 0.29) is 6.10 Å². The van der Waals surface area contributed by atoms with Crippen LogP contribution in [0, 0.1) is 5.92 Å². The smallest absolute Gasteiger partial charge is 0.0791 e. The Morgan fingerprint density at radius 2 is 2.18 bits per heavy atom. The van der Waals surface area contributed by atoms with Crippen LogP contribution in [0.15, 0.2) is 0 Å². The van der Waals surface area contributed by atoms with Crippen LogP contribution in [0.2, 0.25) is 0 Å². The van der Waals surface area contributed by atoms with Crippen LogP contribution in [0.25, 0.3) is 0 Å². The average molecular weight is 241 g/mol. The fourth-order valence-corrected chi connectivity index (χ4v) is 3.49. The Kier molecular flexibility index (Phi) is 4.79. The molecule has 4 nitrogen and oxygen atoms in total. The molecule has 0 aromatic heterocycles. The van der Waals surface area contributed by atoms with E-state index < -0.39 is 0 Å². The third kappa shape index (κ3) is 3.41. The van der Waals surface area contributed by atoms with E-state index >= 15 is 0 Å². The number of hydrogen-bond donors (Lipinski definition) is 2. The van der Waals surface area contributed by atoms with E-state index in [0.717, 1.165) is 25.0 Å². The van der Waals surface area contributed by atoms with Crippen molar-refractivity contribution in [2.45, 2.75) is 31.4 Å². The minimum Gasteiger partial charge on any atom is -0.390 e. The standard InChI is InChI=1S/C13H27N3O/c1-14-8-12(17)10-16-7-5-13-11(9-16)4-3-6-15(13)2/h11-14,17H,3-10H2,1-2H3. The number of β-amino-alcohol motifs (C(OH)–C–C–N with tert-alkyl or cyclic N) is 1. The van der Waals surface area contributed by atoms with Crippen molar-refractivity contribution in [2.75, 3.05) is 46.8 Å². The van der Waals surface area contributed by atoms with E-state index in [0.29, 0.717) is 6.54 Å². The van der Waals surface area contributed by atoms with E-state index in [9.17, 15) is 5.11 Å². The molecule has 0 aromatic rings. The van der Waals surface area contributed by atoms with E-state index in [1.807, 2.05) is 7.05 Å². The second-order valence-corrected chi connectivity index (χ2v) is 5.71.